The summed E-state index contributed by atoms with van der Waals surface area (Å²) < 4.78 is 5.56. The highest BCUT2D eigenvalue weighted by molar-refractivity contribution is 7.14. The molecule has 0 saturated heterocycles. The van der Waals surface area contributed by atoms with Crippen LogP contribution in [-0.2, 0) is 6.54 Å². The molecule has 6 nitrogen and oxygen atoms in total. The third-order valence-electron chi connectivity index (χ3n) is 2.58. The van der Waals surface area contributed by atoms with Crippen molar-refractivity contribution < 1.29 is 4.42 Å². The van der Waals surface area contributed by atoms with Crippen LogP contribution in [-0.4, -0.2) is 17.5 Å². The molecular formula is C14H23Cl2N5OS. The van der Waals surface area contributed by atoms with Crippen LogP contribution >= 0.6 is 36.2 Å². The third kappa shape index (κ3) is 6.78. The van der Waals surface area contributed by atoms with Gasteiger partial charge in [0, 0.05) is 11.9 Å². The Hall–Kier alpha value is -1.28. The number of guanidine groups is 1. The monoisotopic (exact) mass is 379 g/mol. The molecule has 23 heavy (non-hydrogen) atoms. The SMILES string of the molecule is CC(C)(C)CN=C(N)Nc1nc(-c2ccc(CN)o2)cs1.Cl.Cl. The van der Waals surface area contributed by atoms with E-state index in [2.05, 4.69) is 36.1 Å². The summed E-state index contributed by atoms with van der Waals surface area (Å²) in [5.74, 6) is 1.80. The quantitative estimate of drug-likeness (QED) is 0.557. The van der Waals surface area contributed by atoms with E-state index in [-0.39, 0.29) is 30.2 Å². The Morgan fingerprint density at radius 2 is 2.04 bits per heavy atom. The summed E-state index contributed by atoms with van der Waals surface area (Å²) >= 11 is 1.45. The van der Waals surface area contributed by atoms with Crippen molar-refractivity contribution in [2.45, 2.75) is 27.3 Å². The summed E-state index contributed by atoms with van der Waals surface area (Å²) in [5.41, 5.74) is 12.2. The van der Waals surface area contributed by atoms with E-state index in [4.69, 9.17) is 15.9 Å². The normalized spacial score (nSPS) is 11.6. The number of aromatic nitrogens is 1. The van der Waals surface area contributed by atoms with Crippen LogP contribution < -0.4 is 16.8 Å². The van der Waals surface area contributed by atoms with Gasteiger partial charge in [-0.05, 0) is 17.5 Å². The molecule has 5 N–H and O–H groups in total. The smallest absolute Gasteiger partial charge is 0.194 e. The molecule has 0 aliphatic carbocycles. The summed E-state index contributed by atoms with van der Waals surface area (Å²) in [6, 6.07) is 3.71. The number of nitrogens with zero attached hydrogens (tertiary/aromatic N) is 2. The van der Waals surface area contributed by atoms with E-state index in [1.165, 1.54) is 11.3 Å². The fourth-order valence-corrected chi connectivity index (χ4v) is 2.25. The van der Waals surface area contributed by atoms with Gasteiger partial charge in [-0.15, -0.1) is 36.2 Å². The molecule has 2 rings (SSSR count). The molecule has 2 heterocycles. The Morgan fingerprint density at radius 1 is 1.35 bits per heavy atom. The molecule has 0 fully saturated rings. The first-order chi connectivity index (χ1) is 9.87. The van der Waals surface area contributed by atoms with E-state index in [1.54, 1.807) is 0 Å². The molecule has 0 radical (unpaired) electrons. The number of hydrogen-bond donors (Lipinski definition) is 3. The summed E-state index contributed by atoms with van der Waals surface area (Å²) in [5, 5.41) is 5.58. The average molecular weight is 380 g/mol. The van der Waals surface area contributed by atoms with Crippen molar-refractivity contribution in [1.82, 2.24) is 4.98 Å². The van der Waals surface area contributed by atoms with Gasteiger partial charge in [-0.25, -0.2) is 4.98 Å². The molecular weight excluding hydrogens is 357 g/mol. The van der Waals surface area contributed by atoms with Crippen molar-refractivity contribution in [2.24, 2.45) is 21.9 Å². The van der Waals surface area contributed by atoms with Crippen LogP contribution in [0, 0.1) is 5.41 Å². The molecule has 0 aliphatic rings. The van der Waals surface area contributed by atoms with Crippen molar-refractivity contribution in [1.29, 1.82) is 0 Å². The van der Waals surface area contributed by atoms with Crippen molar-refractivity contribution in [2.75, 3.05) is 11.9 Å². The second-order valence-corrected chi connectivity index (χ2v) is 6.75. The number of nitrogens with two attached hydrogens (primary N) is 2. The highest BCUT2D eigenvalue weighted by atomic mass is 35.5. The molecule has 0 aromatic carbocycles. The first-order valence-corrected chi connectivity index (χ1v) is 7.57. The zero-order chi connectivity index (χ0) is 15.5. The third-order valence-corrected chi connectivity index (χ3v) is 3.34. The molecule has 0 bridgehead atoms. The maximum atomic E-state index is 5.85. The Morgan fingerprint density at radius 3 is 2.61 bits per heavy atom. The lowest BCUT2D eigenvalue weighted by atomic mass is 9.97. The summed E-state index contributed by atoms with van der Waals surface area (Å²) in [4.78, 5) is 8.72. The Bertz CT molecular complexity index is 633. The molecule has 0 atom stereocenters. The second-order valence-electron chi connectivity index (χ2n) is 5.90. The van der Waals surface area contributed by atoms with Crippen LogP contribution in [0.3, 0.4) is 0 Å². The maximum absolute atomic E-state index is 5.85. The predicted octanol–water partition coefficient (Wildman–Crippen LogP) is 3.48. The van der Waals surface area contributed by atoms with E-state index >= 15 is 0 Å². The van der Waals surface area contributed by atoms with E-state index in [1.807, 2.05) is 17.5 Å². The minimum Gasteiger partial charge on any atom is -0.458 e. The fraction of sp³-hybridized carbons (Fsp3) is 0.429. The standard InChI is InChI=1S/C14H21N5OS.2ClH/c1-14(2,3)8-17-12(16)19-13-18-10(7-21-13)11-5-4-9(6-15)20-11;;/h4-5,7H,6,8,15H2,1-3H3,(H3,16,17,18,19);2*1H. The zero-order valence-electron chi connectivity index (χ0n) is 13.3. The lowest BCUT2D eigenvalue weighted by Crippen LogP contribution is -2.24. The molecule has 9 heteroatoms. The predicted molar refractivity (Wildman–Crippen MR) is 102 cm³/mol. The second kappa shape index (κ2) is 9.12. The lowest BCUT2D eigenvalue weighted by Gasteiger charge is -2.14. The van der Waals surface area contributed by atoms with Gasteiger partial charge in [0.05, 0.1) is 6.54 Å². The van der Waals surface area contributed by atoms with E-state index in [9.17, 15) is 0 Å². The van der Waals surface area contributed by atoms with Crippen LogP contribution in [0.5, 0.6) is 0 Å². The number of aliphatic imine (C=N–C) groups is 1. The van der Waals surface area contributed by atoms with Gasteiger partial charge in [0.1, 0.15) is 11.5 Å². The highest BCUT2D eigenvalue weighted by Gasteiger charge is 2.11. The van der Waals surface area contributed by atoms with Gasteiger partial charge in [-0.3, -0.25) is 4.99 Å². The van der Waals surface area contributed by atoms with Crippen molar-refractivity contribution in [3.63, 3.8) is 0 Å². The molecule has 2 aromatic rings. The van der Waals surface area contributed by atoms with Gasteiger partial charge < -0.3 is 21.2 Å². The lowest BCUT2D eigenvalue weighted by molar-refractivity contribution is 0.429. The summed E-state index contributed by atoms with van der Waals surface area (Å²) in [6.45, 7) is 7.36. The van der Waals surface area contributed by atoms with Crippen LogP contribution in [0.4, 0.5) is 5.13 Å². The molecule has 0 spiro atoms. The van der Waals surface area contributed by atoms with Crippen molar-refractivity contribution in [3.8, 4) is 11.5 Å². The van der Waals surface area contributed by atoms with Crippen molar-refractivity contribution in [3.05, 3.63) is 23.3 Å². The van der Waals surface area contributed by atoms with Crippen molar-refractivity contribution >= 4 is 47.2 Å². The average Bonchev–Trinajstić information content (AvgIpc) is 3.03. The van der Waals surface area contributed by atoms with Gasteiger partial charge in [0.2, 0.25) is 0 Å². The number of nitrogens with one attached hydrogen (secondary N) is 1. The molecule has 2 aromatic heterocycles. The van der Waals surface area contributed by atoms with Crippen LogP contribution in [0.1, 0.15) is 26.5 Å². The van der Waals surface area contributed by atoms with Gasteiger partial charge in [-0.2, -0.15) is 0 Å². The van der Waals surface area contributed by atoms with E-state index < -0.39 is 0 Å². The summed E-state index contributed by atoms with van der Waals surface area (Å²) in [7, 11) is 0. The van der Waals surface area contributed by atoms with E-state index in [0.29, 0.717) is 29.9 Å². The van der Waals surface area contributed by atoms with Gasteiger partial charge >= 0.3 is 0 Å². The molecule has 0 amide bonds. The van der Waals surface area contributed by atoms with Crippen LogP contribution in [0.15, 0.2) is 26.9 Å². The molecule has 0 unspecified atom stereocenters. The van der Waals surface area contributed by atoms with Gasteiger partial charge in [0.15, 0.2) is 16.9 Å². The topological polar surface area (TPSA) is 102 Å². The Kier molecular flexibility index (Phi) is 8.61. The van der Waals surface area contributed by atoms with Gasteiger partial charge in [0.25, 0.3) is 0 Å². The van der Waals surface area contributed by atoms with Crippen LogP contribution in [0.25, 0.3) is 11.5 Å². The number of thiazole rings is 1. The molecule has 0 aliphatic heterocycles. The maximum Gasteiger partial charge on any atom is 0.194 e. The molecule has 130 valence electrons. The largest absolute Gasteiger partial charge is 0.458 e. The number of halogens is 2. The number of furan rings is 1. The van der Waals surface area contributed by atoms with E-state index in [0.717, 1.165) is 11.5 Å². The highest BCUT2D eigenvalue weighted by Crippen LogP contribution is 2.26. The fourth-order valence-electron chi connectivity index (χ4n) is 1.54. The first kappa shape index (κ1) is 21.7. The number of rotatable bonds is 4. The Labute approximate surface area is 152 Å². The number of hydrogen-bond acceptors (Lipinski definition) is 5. The number of anilines is 1. The minimum absolute atomic E-state index is 0. The zero-order valence-corrected chi connectivity index (χ0v) is 15.8. The molecule has 0 saturated carbocycles. The Balaban J connectivity index is 0.00000242. The first-order valence-electron chi connectivity index (χ1n) is 6.69. The van der Waals surface area contributed by atoms with Gasteiger partial charge in [-0.1, -0.05) is 20.8 Å². The van der Waals surface area contributed by atoms with Crippen LogP contribution in [0.2, 0.25) is 0 Å². The summed E-state index contributed by atoms with van der Waals surface area (Å²) in [6.07, 6.45) is 0. The minimum atomic E-state index is 0.